The van der Waals surface area contributed by atoms with E-state index < -0.39 is 0 Å². The van der Waals surface area contributed by atoms with Crippen LogP contribution in [0.2, 0.25) is 5.15 Å². The van der Waals surface area contributed by atoms with Crippen LogP contribution in [0.25, 0.3) is 0 Å². The summed E-state index contributed by atoms with van der Waals surface area (Å²) < 4.78 is 1.54. The summed E-state index contributed by atoms with van der Waals surface area (Å²) in [5.74, 6) is 0.609. The highest BCUT2D eigenvalue weighted by molar-refractivity contribution is 6.29. The highest BCUT2D eigenvalue weighted by atomic mass is 35.5. The van der Waals surface area contributed by atoms with Gasteiger partial charge in [-0.2, -0.15) is 5.10 Å². The van der Waals surface area contributed by atoms with Crippen molar-refractivity contribution in [3.63, 3.8) is 0 Å². The van der Waals surface area contributed by atoms with E-state index in [1.54, 1.807) is 11.7 Å². The highest BCUT2D eigenvalue weighted by Gasteiger charge is 2.20. The summed E-state index contributed by atoms with van der Waals surface area (Å²) in [7, 11) is 1.73. The second kappa shape index (κ2) is 3.49. The number of nitrogens with zero attached hydrogens (tertiary/aromatic N) is 2. The van der Waals surface area contributed by atoms with Crippen LogP contribution in [0.3, 0.4) is 0 Å². The van der Waals surface area contributed by atoms with Gasteiger partial charge in [-0.05, 0) is 12.1 Å². The van der Waals surface area contributed by atoms with Crippen LogP contribution < -0.4 is 16.1 Å². The van der Waals surface area contributed by atoms with Crippen molar-refractivity contribution < 1.29 is 0 Å². The molecule has 1 aromatic carbocycles. The van der Waals surface area contributed by atoms with Crippen LogP contribution in [-0.2, 0) is 7.05 Å². The van der Waals surface area contributed by atoms with Crippen molar-refractivity contribution in [2.75, 3.05) is 10.6 Å². The first kappa shape index (κ1) is 10.2. The minimum Gasteiger partial charge on any atom is -0.347 e. The minimum absolute atomic E-state index is 0.0417. The van der Waals surface area contributed by atoms with Gasteiger partial charge in [0, 0.05) is 7.05 Å². The van der Waals surface area contributed by atoms with Crippen molar-refractivity contribution >= 4 is 34.5 Å². The Morgan fingerprint density at radius 1 is 1.24 bits per heavy atom. The van der Waals surface area contributed by atoms with Crippen molar-refractivity contribution in [1.29, 1.82) is 0 Å². The van der Waals surface area contributed by atoms with Crippen LogP contribution in [-0.4, -0.2) is 9.78 Å². The lowest BCUT2D eigenvalue weighted by Crippen LogP contribution is -2.22. The first-order chi connectivity index (χ1) is 8.16. The molecule has 0 radical (unpaired) electrons. The van der Waals surface area contributed by atoms with E-state index in [9.17, 15) is 4.79 Å². The molecule has 0 saturated carbocycles. The molecule has 0 spiro atoms. The summed E-state index contributed by atoms with van der Waals surface area (Å²) in [6.07, 6.45) is 0. The van der Waals surface area contributed by atoms with Crippen LogP contribution in [0.1, 0.15) is 0 Å². The molecule has 17 heavy (non-hydrogen) atoms. The predicted molar refractivity (Wildman–Crippen MR) is 67.5 cm³/mol. The molecule has 0 unspecified atom stereocenters. The predicted octanol–water partition coefficient (Wildman–Crippen LogP) is 2.23. The maximum Gasteiger partial charge on any atom is 0.244 e. The van der Waals surface area contributed by atoms with E-state index in [0.717, 1.165) is 11.4 Å². The molecule has 6 heteroatoms. The summed E-state index contributed by atoms with van der Waals surface area (Å²) in [6, 6.07) is 7.62. The number of hydrogen-bond acceptors (Lipinski definition) is 4. The van der Waals surface area contributed by atoms with Crippen molar-refractivity contribution in [3.05, 3.63) is 39.6 Å². The second-order valence-electron chi connectivity index (χ2n) is 3.76. The van der Waals surface area contributed by atoms with Crippen LogP contribution in [0.15, 0.2) is 29.1 Å². The van der Waals surface area contributed by atoms with Gasteiger partial charge in [0.05, 0.1) is 11.4 Å². The normalized spacial score (nSPS) is 12.1. The smallest absolute Gasteiger partial charge is 0.244 e. The Labute approximate surface area is 102 Å². The Hall–Kier alpha value is -2.01. The van der Waals surface area contributed by atoms with E-state index in [1.165, 1.54) is 0 Å². The fourth-order valence-corrected chi connectivity index (χ4v) is 2.03. The lowest BCUT2D eigenvalue weighted by molar-refractivity contribution is 0.746. The van der Waals surface area contributed by atoms with Gasteiger partial charge in [-0.1, -0.05) is 23.7 Å². The number of fused-ring (bicyclic) bond motifs is 2. The summed E-state index contributed by atoms with van der Waals surface area (Å²) in [4.78, 5) is 11.9. The quantitative estimate of drug-likeness (QED) is 0.641. The van der Waals surface area contributed by atoms with E-state index in [2.05, 4.69) is 15.7 Å². The average molecular weight is 249 g/mol. The van der Waals surface area contributed by atoms with Gasteiger partial charge < -0.3 is 10.6 Å². The summed E-state index contributed by atoms with van der Waals surface area (Å²) in [5.41, 5.74) is 1.87. The van der Waals surface area contributed by atoms with Crippen molar-refractivity contribution in [2.45, 2.75) is 0 Å². The lowest BCUT2D eigenvalue weighted by Gasteiger charge is -2.23. The van der Waals surface area contributed by atoms with Gasteiger partial charge in [0.2, 0.25) is 5.43 Å². The van der Waals surface area contributed by atoms with Gasteiger partial charge in [0.15, 0.2) is 11.0 Å². The van der Waals surface area contributed by atoms with Crippen LogP contribution >= 0.6 is 11.6 Å². The molecule has 0 fully saturated rings. The van der Waals surface area contributed by atoms with E-state index in [0.29, 0.717) is 11.5 Å². The molecule has 3 rings (SSSR count). The number of aromatic nitrogens is 2. The molecule has 1 aliphatic rings. The molecule has 1 aliphatic heterocycles. The molecular formula is C11H9ClN4O. The Bertz CT molecular complexity index is 665. The Kier molecular flexibility index (Phi) is 2.09. The molecule has 2 heterocycles. The van der Waals surface area contributed by atoms with E-state index in [4.69, 9.17) is 11.6 Å². The third-order valence-corrected chi connectivity index (χ3v) is 2.90. The molecule has 86 valence electrons. The number of halogens is 1. The zero-order valence-electron chi connectivity index (χ0n) is 8.99. The fraction of sp³-hybridized carbons (Fsp3) is 0.0909. The molecule has 0 saturated heterocycles. The first-order valence-corrected chi connectivity index (χ1v) is 5.44. The maximum absolute atomic E-state index is 11.9. The van der Waals surface area contributed by atoms with Gasteiger partial charge in [-0.3, -0.25) is 4.79 Å². The molecule has 0 amide bonds. The van der Waals surface area contributed by atoms with Crippen molar-refractivity contribution in [1.82, 2.24) is 9.78 Å². The number of para-hydroxylation sites is 2. The molecule has 1 aromatic heterocycles. The number of nitrogens with one attached hydrogen (secondary N) is 2. The number of rotatable bonds is 0. The number of benzene rings is 1. The second-order valence-corrected chi connectivity index (χ2v) is 4.12. The molecule has 0 bridgehead atoms. The SMILES string of the molecule is Cn1nc(Cl)c(=O)c2c1Nc1ccccc1N2. The third kappa shape index (κ3) is 1.47. The van der Waals surface area contributed by atoms with Crippen molar-refractivity contribution in [2.24, 2.45) is 7.05 Å². The Morgan fingerprint density at radius 2 is 1.88 bits per heavy atom. The maximum atomic E-state index is 11.9. The van der Waals surface area contributed by atoms with Crippen molar-refractivity contribution in [3.8, 4) is 0 Å². The zero-order chi connectivity index (χ0) is 12.0. The van der Waals surface area contributed by atoms with Gasteiger partial charge in [0.25, 0.3) is 0 Å². The van der Waals surface area contributed by atoms with Gasteiger partial charge in [-0.25, -0.2) is 4.68 Å². The van der Waals surface area contributed by atoms with Gasteiger partial charge in [-0.15, -0.1) is 0 Å². The standard InChI is InChI=1S/C11H9ClN4O/c1-16-11-8(9(17)10(12)15-16)13-6-4-2-3-5-7(6)14-11/h2-5,13-14H,1H3. The average Bonchev–Trinajstić information content (AvgIpc) is 2.34. The van der Waals surface area contributed by atoms with E-state index in [-0.39, 0.29) is 10.6 Å². The fourth-order valence-electron chi connectivity index (χ4n) is 1.82. The monoisotopic (exact) mass is 248 g/mol. The van der Waals surface area contributed by atoms with Crippen LogP contribution in [0.4, 0.5) is 22.9 Å². The molecule has 0 atom stereocenters. The first-order valence-electron chi connectivity index (χ1n) is 5.06. The van der Waals surface area contributed by atoms with Gasteiger partial charge in [0.1, 0.15) is 5.69 Å². The largest absolute Gasteiger partial charge is 0.347 e. The minimum atomic E-state index is -0.304. The summed E-state index contributed by atoms with van der Waals surface area (Å²) >= 11 is 5.77. The van der Waals surface area contributed by atoms with E-state index in [1.807, 2.05) is 24.3 Å². The Morgan fingerprint density at radius 3 is 2.59 bits per heavy atom. The highest BCUT2D eigenvalue weighted by Crippen LogP contribution is 2.35. The summed E-state index contributed by atoms with van der Waals surface area (Å²) in [6.45, 7) is 0. The molecular weight excluding hydrogens is 240 g/mol. The Balaban J connectivity index is 2.25. The lowest BCUT2D eigenvalue weighted by atomic mass is 10.2. The van der Waals surface area contributed by atoms with Crippen LogP contribution in [0, 0.1) is 0 Å². The zero-order valence-corrected chi connectivity index (χ0v) is 9.75. The van der Waals surface area contributed by atoms with Crippen LogP contribution in [0.5, 0.6) is 0 Å². The number of hydrogen-bond donors (Lipinski definition) is 2. The number of anilines is 4. The molecule has 0 aliphatic carbocycles. The number of aryl methyl sites for hydroxylation is 1. The van der Waals surface area contributed by atoms with E-state index >= 15 is 0 Å². The topological polar surface area (TPSA) is 59.0 Å². The molecule has 5 nitrogen and oxygen atoms in total. The van der Waals surface area contributed by atoms with Gasteiger partial charge >= 0.3 is 0 Å². The molecule has 2 aromatic rings. The summed E-state index contributed by atoms with van der Waals surface area (Å²) in [5, 5.41) is 10.1. The molecule has 2 N–H and O–H groups in total. The third-order valence-electron chi connectivity index (χ3n) is 2.65.